The summed E-state index contributed by atoms with van der Waals surface area (Å²) in [6, 6.07) is 1.70. The lowest BCUT2D eigenvalue weighted by atomic mass is 10.1. The number of nitrogens with zero attached hydrogens (tertiary/aromatic N) is 1. The number of carboxylic acids is 1. The molecular formula is C9H11ClN2O2. The van der Waals surface area contributed by atoms with Gasteiger partial charge < -0.3 is 10.8 Å². The van der Waals surface area contributed by atoms with Crippen LogP contribution in [0.15, 0.2) is 18.3 Å². The number of aliphatic carboxylic acids is 1. The minimum Gasteiger partial charge on any atom is -0.478 e. The van der Waals surface area contributed by atoms with Crippen LogP contribution in [0.3, 0.4) is 0 Å². The van der Waals surface area contributed by atoms with Gasteiger partial charge in [-0.3, -0.25) is 0 Å². The van der Waals surface area contributed by atoms with Gasteiger partial charge in [0, 0.05) is 12.3 Å². The number of aromatic nitrogens is 1. The number of pyridine rings is 1. The van der Waals surface area contributed by atoms with Crippen LogP contribution < -0.4 is 5.73 Å². The van der Waals surface area contributed by atoms with Gasteiger partial charge in [-0.2, -0.15) is 0 Å². The molecule has 0 radical (unpaired) electrons. The van der Waals surface area contributed by atoms with Crippen molar-refractivity contribution in [1.82, 2.24) is 4.98 Å². The highest BCUT2D eigenvalue weighted by atomic mass is 35.5. The summed E-state index contributed by atoms with van der Waals surface area (Å²) in [4.78, 5) is 14.1. The smallest absolute Gasteiger partial charge is 0.328 e. The van der Waals surface area contributed by atoms with E-state index >= 15 is 0 Å². The first-order valence-electron chi connectivity index (χ1n) is 3.72. The normalized spacial score (nSPS) is 9.79. The van der Waals surface area contributed by atoms with Gasteiger partial charge in [0.1, 0.15) is 5.82 Å². The first-order chi connectivity index (χ1) is 6.09. The molecule has 76 valence electrons. The summed E-state index contributed by atoms with van der Waals surface area (Å²) in [6.45, 7) is 1.85. The molecule has 5 heteroatoms. The van der Waals surface area contributed by atoms with E-state index in [1.165, 1.54) is 6.08 Å². The summed E-state index contributed by atoms with van der Waals surface area (Å²) in [7, 11) is 0. The van der Waals surface area contributed by atoms with Crippen LogP contribution in [0.2, 0.25) is 0 Å². The predicted octanol–water partition coefficient (Wildman–Crippen LogP) is 1.49. The highest BCUT2D eigenvalue weighted by Crippen LogP contribution is 2.10. The Hall–Kier alpha value is -1.55. The van der Waals surface area contributed by atoms with E-state index in [9.17, 15) is 4.79 Å². The topological polar surface area (TPSA) is 76.2 Å². The Morgan fingerprint density at radius 1 is 1.64 bits per heavy atom. The Bertz CT molecular complexity index is 364. The molecule has 0 unspecified atom stereocenters. The molecule has 0 spiro atoms. The third-order valence-electron chi connectivity index (χ3n) is 1.58. The van der Waals surface area contributed by atoms with Crippen LogP contribution in [0.25, 0.3) is 6.08 Å². The molecule has 14 heavy (non-hydrogen) atoms. The quantitative estimate of drug-likeness (QED) is 0.732. The van der Waals surface area contributed by atoms with Gasteiger partial charge in [0.05, 0.1) is 0 Å². The molecule has 0 atom stereocenters. The Balaban J connectivity index is 0.00000169. The molecule has 0 aliphatic carbocycles. The SMILES string of the molecule is Cc1cc(N)ncc1/C=C/C(=O)O.Cl. The molecule has 0 saturated carbocycles. The molecule has 1 aromatic heterocycles. The molecule has 0 aliphatic rings. The maximum Gasteiger partial charge on any atom is 0.328 e. The summed E-state index contributed by atoms with van der Waals surface area (Å²) < 4.78 is 0. The highest BCUT2D eigenvalue weighted by Gasteiger charge is 1.96. The minimum absolute atomic E-state index is 0. The molecular weight excluding hydrogens is 204 g/mol. The van der Waals surface area contributed by atoms with Gasteiger partial charge >= 0.3 is 5.97 Å². The Morgan fingerprint density at radius 3 is 2.79 bits per heavy atom. The summed E-state index contributed by atoms with van der Waals surface area (Å²) in [5.41, 5.74) is 7.10. The number of halogens is 1. The molecule has 0 bridgehead atoms. The van der Waals surface area contributed by atoms with Gasteiger partial charge in [0.25, 0.3) is 0 Å². The van der Waals surface area contributed by atoms with Crippen molar-refractivity contribution < 1.29 is 9.90 Å². The maximum atomic E-state index is 10.2. The van der Waals surface area contributed by atoms with Crippen molar-refractivity contribution in [2.24, 2.45) is 0 Å². The Morgan fingerprint density at radius 2 is 2.29 bits per heavy atom. The predicted molar refractivity (Wildman–Crippen MR) is 57.3 cm³/mol. The minimum atomic E-state index is -0.976. The molecule has 0 amide bonds. The van der Waals surface area contributed by atoms with Gasteiger partial charge in [-0.25, -0.2) is 9.78 Å². The molecule has 0 aromatic carbocycles. The van der Waals surface area contributed by atoms with Crippen LogP contribution in [-0.4, -0.2) is 16.1 Å². The van der Waals surface area contributed by atoms with E-state index in [0.717, 1.165) is 17.2 Å². The second-order valence-corrected chi connectivity index (χ2v) is 2.64. The lowest BCUT2D eigenvalue weighted by Crippen LogP contribution is -1.93. The monoisotopic (exact) mass is 214 g/mol. The number of rotatable bonds is 2. The number of hydrogen-bond acceptors (Lipinski definition) is 3. The van der Waals surface area contributed by atoms with E-state index in [1.807, 2.05) is 6.92 Å². The highest BCUT2D eigenvalue weighted by molar-refractivity contribution is 5.85. The van der Waals surface area contributed by atoms with Gasteiger partial charge in [0.2, 0.25) is 0 Å². The zero-order chi connectivity index (χ0) is 9.84. The first-order valence-corrected chi connectivity index (χ1v) is 3.72. The van der Waals surface area contributed by atoms with E-state index in [-0.39, 0.29) is 12.4 Å². The number of nitrogen functional groups attached to an aromatic ring is 1. The van der Waals surface area contributed by atoms with Crippen LogP contribution in [-0.2, 0) is 4.79 Å². The van der Waals surface area contributed by atoms with E-state index in [1.54, 1.807) is 12.3 Å². The summed E-state index contributed by atoms with van der Waals surface area (Å²) in [5.74, 6) is -0.541. The Kier molecular flexibility index (Phi) is 4.66. The largest absolute Gasteiger partial charge is 0.478 e. The van der Waals surface area contributed by atoms with Crippen molar-refractivity contribution in [1.29, 1.82) is 0 Å². The zero-order valence-corrected chi connectivity index (χ0v) is 8.41. The van der Waals surface area contributed by atoms with Crippen molar-refractivity contribution in [3.63, 3.8) is 0 Å². The molecule has 4 nitrogen and oxygen atoms in total. The lowest BCUT2D eigenvalue weighted by Gasteiger charge is -1.99. The number of hydrogen-bond donors (Lipinski definition) is 2. The standard InChI is InChI=1S/C9H10N2O2.ClH/c1-6-4-8(10)11-5-7(6)2-3-9(12)13;/h2-5H,1H3,(H2,10,11)(H,12,13);1H/b3-2+;. The number of nitrogens with two attached hydrogens (primary N) is 1. The first kappa shape index (κ1) is 12.4. The average molecular weight is 215 g/mol. The van der Waals surface area contributed by atoms with E-state index in [2.05, 4.69) is 4.98 Å². The number of anilines is 1. The van der Waals surface area contributed by atoms with Gasteiger partial charge in [0.15, 0.2) is 0 Å². The lowest BCUT2D eigenvalue weighted by molar-refractivity contribution is -0.131. The molecule has 0 aliphatic heterocycles. The van der Waals surface area contributed by atoms with E-state index in [0.29, 0.717) is 5.82 Å². The van der Waals surface area contributed by atoms with Gasteiger partial charge in [-0.15, -0.1) is 12.4 Å². The molecule has 3 N–H and O–H groups in total. The van der Waals surface area contributed by atoms with Crippen molar-refractivity contribution in [3.05, 3.63) is 29.5 Å². The maximum absolute atomic E-state index is 10.2. The van der Waals surface area contributed by atoms with Crippen molar-refractivity contribution in [2.45, 2.75) is 6.92 Å². The fraction of sp³-hybridized carbons (Fsp3) is 0.111. The van der Waals surface area contributed by atoms with Crippen molar-refractivity contribution in [3.8, 4) is 0 Å². The number of carboxylic acid groups (broad SMARTS) is 1. The van der Waals surface area contributed by atoms with Crippen molar-refractivity contribution >= 4 is 30.3 Å². The van der Waals surface area contributed by atoms with Gasteiger partial charge in [-0.05, 0) is 30.2 Å². The second kappa shape index (κ2) is 5.24. The fourth-order valence-electron chi connectivity index (χ4n) is 0.924. The van der Waals surface area contributed by atoms with Crippen LogP contribution >= 0.6 is 12.4 Å². The average Bonchev–Trinajstić information content (AvgIpc) is 2.02. The van der Waals surface area contributed by atoms with E-state index in [4.69, 9.17) is 10.8 Å². The van der Waals surface area contributed by atoms with Crippen molar-refractivity contribution in [2.75, 3.05) is 5.73 Å². The molecule has 0 saturated heterocycles. The molecule has 1 heterocycles. The number of aryl methyl sites for hydroxylation is 1. The van der Waals surface area contributed by atoms with Crippen LogP contribution in [0.1, 0.15) is 11.1 Å². The summed E-state index contributed by atoms with van der Waals surface area (Å²) >= 11 is 0. The molecule has 1 rings (SSSR count). The summed E-state index contributed by atoms with van der Waals surface area (Å²) in [6.07, 6.45) is 4.11. The third kappa shape index (κ3) is 3.45. The van der Waals surface area contributed by atoms with E-state index < -0.39 is 5.97 Å². The zero-order valence-electron chi connectivity index (χ0n) is 7.60. The van der Waals surface area contributed by atoms with Gasteiger partial charge in [-0.1, -0.05) is 0 Å². The third-order valence-corrected chi connectivity index (χ3v) is 1.58. The fourth-order valence-corrected chi connectivity index (χ4v) is 0.924. The Labute approximate surface area is 87.9 Å². The number of carbonyl (C=O) groups is 1. The summed E-state index contributed by atoms with van der Waals surface area (Å²) in [5, 5.41) is 8.39. The second-order valence-electron chi connectivity index (χ2n) is 2.64. The van der Waals surface area contributed by atoms with Crippen LogP contribution in [0.5, 0.6) is 0 Å². The van der Waals surface area contributed by atoms with Crippen LogP contribution in [0.4, 0.5) is 5.82 Å². The molecule has 1 aromatic rings. The van der Waals surface area contributed by atoms with Crippen LogP contribution in [0, 0.1) is 6.92 Å². The molecule has 0 fully saturated rings.